The van der Waals surface area contributed by atoms with Gasteiger partial charge in [0.05, 0.1) is 10.6 Å². The van der Waals surface area contributed by atoms with Gasteiger partial charge in [-0.25, -0.2) is 4.98 Å². The number of amides is 1. The molecule has 7 nitrogen and oxygen atoms in total. The Hall–Kier alpha value is -2.87. The van der Waals surface area contributed by atoms with Crippen molar-refractivity contribution in [2.45, 2.75) is 52.4 Å². The van der Waals surface area contributed by atoms with Crippen molar-refractivity contribution in [3.05, 3.63) is 46.9 Å². The van der Waals surface area contributed by atoms with Crippen LogP contribution in [0.15, 0.2) is 34.9 Å². The van der Waals surface area contributed by atoms with Crippen LogP contribution in [0.2, 0.25) is 0 Å². The minimum Gasteiger partial charge on any atom is -0.339 e. The lowest BCUT2D eigenvalue weighted by molar-refractivity contribution is -0.116. The number of aryl methyl sites for hydroxylation is 1. The first-order valence-corrected chi connectivity index (χ1v) is 10.3. The molecule has 0 saturated heterocycles. The number of rotatable bonds is 7. The zero-order valence-electron chi connectivity index (χ0n) is 17.0. The average Bonchev–Trinajstić information content (AvgIpc) is 3.29. The molecule has 2 aromatic heterocycles. The molecule has 8 heteroatoms. The van der Waals surface area contributed by atoms with Crippen LogP contribution in [-0.2, 0) is 16.6 Å². The van der Waals surface area contributed by atoms with E-state index in [1.807, 2.05) is 51.1 Å². The lowest BCUT2D eigenvalue weighted by Crippen LogP contribution is -2.13. The summed E-state index contributed by atoms with van der Waals surface area (Å²) in [7, 11) is 0. The number of carbonyl (C=O) groups excluding carboxylic acids is 2. The van der Waals surface area contributed by atoms with Gasteiger partial charge < -0.3 is 9.84 Å². The Bertz CT molecular complexity index is 1000. The molecule has 0 spiro atoms. The Morgan fingerprint density at radius 2 is 1.86 bits per heavy atom. The molecule has 29 heavy (non-hydrogen) atoms. The minimum atomic E-state index is -0.172. The number of hydrogen-bond acceptors (Lipinski definition) is 7. The molecule has 0 aliphatic heterocycles. The number of carbonyl (C=O) groups is 2. The van der Waals surface area contributed by atoms with Gasteiger partial charge in [-0.1, -0.05) is 67.6 Å². The Labute approximate surface area is 173 Å². The van der Waals surface area contributed by atoms with Crippen molar-refractivity contribution in [1.82, 2.24) is 15.1 Å². The van der Waals surface area contributed by atoms with Gasteiger partial charge in [-0.05, 0) is 6.42 Å². The predicted octanol–water partition coefficient (Wildman–Crippen LogP) is 4.65. The fourth-order valence-electron chi connectivity index (χ4n) is 2.65. The largest absolute Gasteiger partial charge is 0.339 e. The highest BCUT2D eigenvalue weighted by molar-refractivity contribution is 7.18. The average molecular weight is 413 g/mol. The smallest absolute Gasteiger partial charge is 0.226 e. The number of ketones is 1. The third-order valence-electron chi connectivity index (χ3n) is 4.17. The summed E-state index contributed by atoms with van der Waals surface area (Å²) in [5.74, 6) is 0.948. The minimum absolute atomic E-state index is 0.0760. The van der Waals surface area contributed by atoms with Crippen molar-refractivity contribution >= 4 is 28.2 Å². The number of benzene rings is 1. The molecule has 0 aliphatic rings. The van der Waals surface area contributed by atoms with E-state index in [1.54, 1.807) is 0 Å². The van der Waals surface area contributed by atoms with E-state index in [0.717, 1.165) is 5.56 Å². The highest BCUT2D eigenvalue weighted by Gasteiger charge is 2.21. The number of nitrogens with zero attached hydrogens (tertiary/aromatic N) is 3. The zero-order valence-corrected chi connectivity index (χ0v) is 17.8. The summed E-state index contributed by atoms with van der Waals surface area (Å²) in [5, 5.41) is 7.20. The van der Waals surface area contributed by atoms with Crippen LogP contribution in [0, 0.1) is 0 Å². The van der Waals surface area contributed by atoms with Gasteiger partial charge in [0.2, 0.25) is 11.8 Å². The molecule has 0 bridgehead atoms. The molecular formula is C21H24N4O3S. The highest BCUT2D eigenvalue weighted by atomic mass is 32.1. The monoisotopic (exact) mass is 412 g/mol. The van der Waals surface area contributed by atoms with E-state index in [-0.39, 0.29) is 17.1 Å². The Balaban J connectivity index is 1.59. The quantitative estimate of drug-likeness (QED) is 0.567. The summed E-state index contributed by atoms with van der Waals surface area (Å²) >= 11 is 1.19. The Morgan fingerprint density at radius 3 is 2.48 bits per heavy atom. The van der Waals surface area contributed by atoms with Crippen molar-refractivity contribution < 1.29 is 14.1 Å². The van der Waals surface area contributed by atoms with Crippen LogP contribution >= 0.6 is 11.3 Å². The number of thiazole rings is 1. The van der Waals surface area contributed by atoms with Gasteiger partial charge in [-0.15, -0.1) is 0 Å². The van der Waals surface area contributed by atoms with Crippen molar-refractivity contribution in [2.75, 3.05) is 5.32 Å². The maximum Gasteiger partial charge on any atom is 0.226 e. The van der Waals surface area contributed by atoms with Crippen LogP contribution in [-0.4, -0.2) is 26.8 Å². The van der Waals surface area contributed by atoms with E-state index in [1.165, 1.54) is 18.3 Å². The topological polar surface area (TPSA) is 98.0 Å². The van der Waals surface area contributed by atoms with E-state index in [4.69, 9.17) is 4.52 Å². The normalized spacial score (nSPS) is 11.4. The zero-order chi connectivity index (χ0) is 21.0. The fourth-order valence-corrected chi connectivity index (χ4v) is 3.55. The maximum atomic E-state index is 12.3. The second kappa shape index (κ2) is 8.65. The van der Waals surface area contributed by atoms with Gasteiger partial charge in [-0.2, -0.15) is 4.98 Å². The summed E-state index contributed by atoms with van der Waals surface area (Å²) in [6.07, 6.45) is 1.40. The number of nitrogens with one attached hydrogen (secondary N) is 1. The van der Waals surface area contributed by atoms with Crippen LogP contribution in [0.3, 0.4) is 0 Å². The fraction of sp³-hybridized carbons (Fsp3) is 0.381. The summed E-state index contributed by atoms with van der Waals surface area (Å²) in [6, 6.07) is 9.46. The molecule has 3 rings (SSSR count). The van der Waals surface area contributed by atoms with E-state index in [2.05, 4.69) is 20.4 Å². The van der Waals surface area contributed by atoms with Crippen LogP contribution in [0.4, 0.5) is 5.13 Å². The predicted molar refractivity (Wildman–Crippen MR) is 112 cm³/mol. The molecule has 152 valence electrons. The van der Waals surface area contributed by atoms with Gasteiger partial charge >= 0.3 is 0 Å². The molecule has 0 unspecified atom stereocenters. The molecule has 0 fully saturated rings. The summed E-state index contributed by atoms with van der Waals surface area (Å²) < 4.78 is 5.25. The second-order valence-corrected chi connectivity index (χ2v) is 8.78. The number of Topliss-reactive ketones (excluding diaryl/α,β-unsaturated/α-hetero) is 1. The molecule has 3 aromatic rings. The van der Waals surface area contributed by atoms with Gasteiger partial charge in [0.15, 0.2) is 16.7 Å². The third-order valence-corrected chi connectivity index (χ3v) is 5.25. The van der Waals surface area contributed by atoms with Gasteiger partial charge in [0.1, 0.15) is 0 Å². The van der Waals surface area contributed by atoms with E-state index in [9.17, 15) is 9.59 Å². The second-order valence-electron chi connectivity index (χ2n) is 7.78. The van der Waals surface area contributed by atoms with Crippen molar-refractivity contribution in [2.24, 2.45) is 0 Å². The SMILES string of the molecule is CC(=O)c1sc(NC(=O)CCCc2nc(C(C)(C)C)no2)nc1-c1ccccc1. The van der Waals surface area contributed by atoms with E-state index < -0.39 is 0 Å². The first-order chi connectivity index (χ1) is 13.7. The van der Waals surface area contributed by atoms with E-state index in [0.29, 0.717) is 46.7 Å². The first-order valence-electron chi connectivity index (χ1n) is 9.44. The Morgan fingerprint density at radius 1 is 1.14 bits per heavy atom. The van der Waals surface area contributed by atoms with E-state index >= 15 is 0 Å². The van der Waals surface area contributed by atoms with Crippen molar-refractivity contribution in [3.8, 4) is 11.3 Å². The number of anilines is 1. The summed E-state index contributed by atoms with van der Waals surface area (Å²) in [4.78, 5) is 33.6. The van der Waals surface area contributed by atoms with Crippen molar-refractivity contribution in [3.63, 3.8) is 0 Å². The molecule has 0 saturated carbocycles. The Kier molecular flexibility index (Phi) is 6.22. The molecular weight excluding hydrogens is 388 g/mol. The molecule has 1 amide bonds. The van der Waals surface area contributed by atoms with Crippen LogP contribution in [0.25, 0.3) is 11.3 Å². The maximum absolute atomic E-state index is 12.3. The lowest BCUT2D eigenvalue weighted by atomic mass is 9.96. The molecule has 0 atom stereocenters. The van der Waals surface area contributed by atoms with Crippen LogP contribution in [0.5, 0.6) is 0 Å². The summed E-state index contributed by atoms with van der Waals surface area (Å²) in [6.45, 7) is 7.55. The van der Waals surface area contributed by atoms with Crippen LogP contribution < -0.4 is 5.32 Å². The molecule has 0 radical (unpaired) electrons. The van der Waals surface area contributed by atoms with Gasteiger partial charge in [0.25, 0.3) is 0 Å². The molecule has 0 aliphatic carbocycles. The van der Waals surface area contributed by atoms with Gasteiger partial charge in [-0.3, -0.25) is 9.59 Å². The third kappa shape index (κ3) is 5.35. The molecule has 2 heterocycles. The van der Waals surface area contributed by atoms with Crippen molar-refractivity contribution in [1.29, 1.82) is 0 Å². The van der Waals surface area contributed by atoms with Crippen LogP contribution in [0.1, 0.15) is 61.9 Å². The lowest BCUT2D eigenvalue weighted by Gasteiger charge is -2.10. The number of aromatic nitrogens is 3. The molecule has 1 N–H and O–H groups in total. The molecule has 1 aromatic carbocycles. The number of hydrogen-bond donors (Lipinski definition) is 1. The summed E-state index contributed by atoms with van der Waals surface area (Å²) in [5.41, 5.74) is 1.27. The first kappa shape index (κ1) is 20.9. The van der Waals surface area contributed by atoms with Gasteiger partial charge in [0, 0.05) is 30.7 Å². The standard InChI is InChI=1S/C21H24N4O3S/c1-13(26)18-17(14-9-6-5-7-10-14)24-20(29-18)22-15(27)11-8-12-16-23-19(25-28-16)21(2,3)4/h5-7,9-10H,8,11-12H2,1-4H3,(H,22,24,27). The highest BCUT2D eigenvalue weighted by Crippen LogP contribution is 2.31.